The zero-order valence-electron chi connectivity index (χ0n) is 14.2. The number of aryl methyl sites for hydroxylation is 1. The predicted octanol–water partition coefficient (Wildman–Crippen LogP) is 1.05. The molecule has 2 fully saturated rings. The lowest BCUT2D eigenvalue weighted by Crippen LogP contribution is -2.44. The number of hydrogen-bond acceptors (Lipinski definition) is 5. The van der Waals surface area contributed by atoms with Gasteiger partial charge in [0.05, 0.1) is 13.2 Å². The number of amides is 1. The molecular formula is C18H23N5O2. The third-order valence-electron chi connectivity index (χ3n) is 5.80. The van der Waals surface area contributed by atoms with Crippen LogP contribution in [0.15, 0.2) is 36.7 Å². The van der Waals surface area contributed by atoms with Crippen LogP contribution >= 0.6 is 0 Å². The van der Waals surface area contributed by atoms with Crippen LogP contribution in [0.5, 0.6) is 0 Å². The molecule has 1 amide bonds. The molecule has 0 spiro atoms. The maximum absolute atomic E-state index is 12.8. The summed E-state index contributed by atoms with van der Waals surface area (Å²) in [6, 6.07) is 10.7. The molecule has 1 N–H and O–H groups in total. The molecule has 2 aliphatic rings. The summed E-state index contributed by atoms with van der Waals surface area (Å²) in [5, 5.41) is 21.2. The smallest absolute Gasteiger partial charge is 0.224 e. The summed E-state index contributed by atoms with van der Waals surface area (Å²) in [6.07, 6.45) is 5.65. The summed E-state index contributed by atoms with van der Waals surface area (Å²) < 4.78 is 1.58. The van der Waals surface area contributed by atoms with Gasteiger partial charge in [-0.3, -0.25) is 4.79 Å². The molecule has 7 nitrogen and oxygen atoms in total. The zero-order valence-corrected chi connectivity index (χ0v) is 14.2. The van der Waals surface area contributed by atoms with Crippen molar-refractivity contribution in [2.75, 3.05) is 6.61 Å². The van der Waals surface area contributed by atoms with E-state index in [4.69, 9.17) is 0 Å². The van der Waals surface area contributed by atoms with E-state index in [2.05, 4.69) is 27.7 Å². The average molecular weight is 341 g/mol. The Hall–Kier alpha value is -2.28. The number of tetrazole rings is 1. The molecule has 0 radical (unpaired) electrons. The lowest BCUT2D eigenvalue weighted by molar-refractivity contribution is -0.133. The van der Waals surface area contributed by atoms with Gasteiger partial charge in [0, 0.05) is 23.9 Å². The second kappa shape index (κ2) is 6.55. The predicted molar refractivity (Wildman–Crippen MR) is 90.4 cm³/mol. The standard InChI is InChI=1S/C18H23N5O2/c24-12-18(10-14-4-2-1-3-5-14)11-15-6-7-16(18)23(15)17(25)8-9-22-13-19-20-21-22/h1-5,13,15-16,24H,6-12H2/t15-,16+,18-/m0/s1. The molecule has 7 heteroatoms. The number of aromatic nitrogens is 4. The molecule has 4 rings (SSSR count). The minimum Gasteiger partial charge on any atom is -0.396 e. The summed E-state index contributed by atoms with van der Waals surface area (Å²) in [5.41, 5.74) is 1.01. The van der Waals surface area contributed by atoms with Gasteiger partial charge in [-0.05, 0) is 41.7 Å². The maximum Gasteiger partial charge on any atom is 0.224 e. The number of rotatable bonds is 6. The van der Waals surface area contributed by atoms with E-state index in [9.17, 15) is 9.90 Å². The van der Waals surface area contributed by atoms with Gasteiger partial charge in [-0.25, -0.2) is 4.68 Å². The highest BCUT2D eigenvalue weighted by Crippen LogP contribution is 2.51. The number of aliphatic hydroxyl groups excluding tert-OH is 1. The van der Waals surface area contributed by atoms with E-state index >= 15 is 0 Å². The normalized spacial score (nSPS) is 27.8. The van der Waals surface area contributed by atoms with Crippen LogP contribution in [0.3, 0.4) is 0 Å². The zero-order chi connectivity index (χ0) is 17.3. The van der Waals surface area contributed by atoms with Crippen molar-refractivity contribution in [3.05, 3.63) is 42.2 Å². The van der Waals surface area contributed by atoms with Gasteiger partial charge in [0.1, 0.15) is 6.33 Å². The minimum atomic E-state index is -0.214. The molecule has 1 aromatic heterocycles. The lowest BCUT2D eigenvalue weighted by atomic mass is 9.70. The molecule has 2 bridgehead atoms. The molecule has 0 unspecified atom stereocenters. The summed E-state index contributed by atoms with van der Waals surface area (Å²) in [4.78, 5) is 14.9. The van der Waals surface area contributed by atoms with Crippen molar-refractivity contribution < 1.29 is 9.90 Å². The molecule has 0 aliphatic carbocycles. The van der Waals surface area contributed by atoms with Crippen LogP contribution in [0.1, 0.15) is 31.2 Å². The van der Waals surface area contributed by atoms with Crippen LogP contribution in [-0.2, 0) is 17.8 Å². The van der Waals surface area contributed by atoms with Crippen LogP contribution in [0.25, 0.3) is 0 Å². The SMILES string of the molecule is O=C(CCn1cnnn1)N1[C@H]2CC[C@@H]1[C@@](CO)(Cc1ccccc1)C2. The minimum absolute atomic E-state index is 0.125. The first-order valence-corrected chi connectivity index (χ1v) is 8.88. The quantitative estimate of drug-likeness (QED) is 0.849. The Kier molecular flexibility index (Phi) is 4.25. The summed E-state index contributed by atoms with van der Waals surface area (Å²) in [5.74, 6) is 0.145. The number of aliphatic hydroxyl groups is 1. The fourth-order valence-corrected chi connectivity index (χ4v) is 4.71. The first kappa shape index (κ1) is 16.2. The number of carbonyl (C=O) groups is 1. The van der Waals surface area contributed by atoms with E-state index in [0.29, 0.717) is 13.0 Å². The number of hydrogen-bond donors (Lipinski definition) is 1. The average Bonchev–Trinajstić information content (AvgIpc) is 3.36. The summed E-state index contributed by atoms with van der Waals surface area (Å²) >= 11 is 0. The fraction of sp³-hybridized carbons (Fsp3) is 0.556. The Labute approximate surface area is 146 Å². The molecule has 2 saturated heterocycles. The number of carbonyl (C=O) groups excluding carboxylic acids is 1. The fourth-order valence-electron chi connectivity index (χ4n) is 4.71. The van der Waals surface area contributed by atoms with Gasteiger partial charge in [0.15, 0.2) is 0 Å². The van der Waals surface area contributed by atoms with Crippen molar-refractivity contribution in [3.8, 4) is 0 Å². The molecule has 2 aromatic rings. The third-order valence-corrected chi connectivity index (χ3v) is 5.80. The van der Waals surface area contributed by atoms with Crippen molar-refractivity contribution >= 4 is 5.91 Å². The van der Waals surface area contributed by atoms with E-state index in [0.717, 1.165) is 25.7 Å². The van der Waals surface area contributed by atoms with E-state index < -0.39 is 0 Å². The van der Waals surface area contributed by atoms with Crippen LogP contribution in [0.2, 0.25) is 0 Å². The first-order valence-electron chi connectivity index (χ1n) is 8.88. The van der Waals surface area contributed by atoms with Gasteiger partial charge in [0.25, 0.3) is 0 Å². The Balaban J connectivity index is 1.48. The van der Waals surface area contributed by atoms with E-state index in [1.165, 1.54) is 11.9 Å². The second-order valence-corrected chi connectivity index (χ2v) is 7.26. The van der Waals surface area contributed by atoms with Crippen molar-refractivity contribution in [2.45, 2.75) is 50.7 Å². The third kappa shape index (κ3) is 2.93. The summed E-state index contributed by atoms with van der Waals surface area (Å²) in [6.45, 7) is 0.617. The molecule has 2 aliphatic heterocycles. The Morgan fingerprint density at radius 2 is 2.12 bits per heavy atom. The molecule has 3 atom stereocenters. The van der Waals surface area contributed by atoms with E-state index in [1.807, 2.05) is 23.1 Å². The van der Waals surface area contributed by atoms with Gasteiger partial charge in [0.2, 0.25) is 5.91 Å². The van der Waals surface area contributed by atoms with Crippen molar-refractivity contribution in [1.82, 2.24) is 25.1 Å². The first-order chi connectivity index (χ1) is 12.2. The largest absolute Gasteiger partial charge is 0.396 e. The van der Waals surface area contributed by atoms with Gasteiger partial charge >= 0.3 is 0 Å². The molecule has 1 aromatic carbocycles. The lowest BCUT2D eigenvalue weighted by Gasteiger charge is -2.36. The summed E-state index contributed by atoms with van der Waals surface area (Å²) in [7, 11) is 0. The van der Waals surface area contributed by atoms with Gasteiger partial charge in [-0.1, -0.05) is 30.3 Å². The van der Waals surface area contributed by atoms with Crippen LogP contribution in [-0.4, -0.2) is 54.8 Å². The molecule has 3 heterocycles. The number of fused-ring (bicyclic) bond motifs is 2. The van der Waals surface area contributed by atoms with Crippen LogP contribution in [0, 0.1) is 5.41 Å². The van der Waals surface area contributed by atoms with Gasteiger partial charge in [-0.2, -0.15) is 0 Å². The second-order valence-electron chi connectivity index (χ2n) is 7.26. The van der Waals surface area contributed by atoms with E-state index in [1.54, 1.807) is 4.68 Å². The van der Waals surface area contributed by atoms with Gasteiger partial charge in [-0.15, -0.1) is 5.10 Å². The highest BCUT2D eigenvalue weighted by Gasteiger charge is 2.56. The topological polar surface area (TPSA) is 84.1 Å². The Morgan fingerprint density at radius 3 is 2.84 bits per heavy atom. The van der Waals surface area contributed by atoms with Crippen molar-refractivity contribution in [1.29, 1.82) is 0 Å². The number of benzene rings is 1. The molecule has 132 valence electrons. The Morgan fingerprint density at radius 1 is 1.28 bits per heavy atom. The van der Waals surface area contributed by atoms with Crippen LogP contribution < -0.4 is 0 Å². The van der Waals surface area contributed by atoms with Gasteiger partial charge < -0.3 is 10.0 Å². The molecule has 25 heavy (non-hydrogen) atoms. The monoisotopic (exact) mass is 341 g/mol. The van der Waals surface area contributed by atoms with Crippen molar-refractivity contribution in [2.24, 2.45) is 5.41 Å². The Bertz CT molecular complexity index is 720. The highest BCUT2D eigenvalue weighted by atomic mass is 16.3. The van der Waals surface area contributed by atoms with E-state index in [-0.39, 0.29) is 30.0 Å². The molecular weight excluding hydrogens is 318 g/mol. The highest BCUT2D eigenvalue weighted by molar-refractivity contribution is 5.77. The maximum atomic E-state index is 12.8. The number of nitrogens with zero attached hydrogens (tertiary/aromatic N) is 5. The molecule has 0 saturated carbocycles. The van der Waals surface area contributed by atoms with Crippen LogP contribution in [0.4, 0.5) is 0 Å². The van der Waals surface area contributed by atoms with Crippen molar-refractivity contribution in [3.63, 3.8) is 0 Å².